The molecule has 0 fully saturated rings. The zero-order valence-electron chi connectivity index (χ0n) is 8.28. The van der Waals surface area contributed by atoms with Crippen LogP contribution < -0.4 is 0 Å². The Balaban J connectivity index is 4.04. The Hall–Kier alpha value is -0.400. The van der Waals surface area contributed by atoms with Crippen molar-refractivity contribution in [2.24, 2.45) is 0 Å². The fraction of sp³-hybridized carbons (Fsp3) is 0.875. The Morgan fingerprint density at radius 3 is 2.12 bits per heavy atom. The van der Waals surface area contributed by atoms with E-state index in [2.05, 4.69) is 0 Å². The van der Waals surface area contributed by atoms with Gasteiger partial charge in [-0.2, -0.15) is 22.0 Å². The summed E-state index contributed by atoms with van der Waals surface area (Å²) in [5.41, 5.74) is 0. The Morgan fingerprint density at radius 2 is 1.75 bits per heavy atom. The van der Waals surface area contributed by atoms with E-state index in [1.54, 1.807) is 0 Å². The first-order chi connectivity index (χ1) is 7.06. The fourth-order valence-electron chi connectivity index (χ4n) is 0.826. The van der Waals surface area contributed by atoms with E-state index < -0.39 is 31.1 Å². The van der Waals surface area contributed by atoms with Gasteiger partial charge in [-0.15, -0.1) is 0 Å². The van der Waals surface area contributed by atoms with E-state index in [9.17, 15) is 31.1 Å². The third-order valence-corrected chi connectivity index (χ3v) is 2.48. The van der Waals surface area contributed by atoms with Gasteiger partial charge in [0.25, 0.3) is 0 Å². The largest absolute Gasteiger partial charge is 0.453 e. The molecule has 0 saturated carbocycles. The average Bonchev–Trinajstić information content (AvgIpc) is 1.99. The molecule has 0 aromatic heterocycles. The molecule has 0 aromatic rings. The van der Waals surface area contributed by atoms with Gasteiger partial charge in [-0.05, 0) is 6.42 Å². The van der Waals surface area contributed by atoms with E-state index in [4.69, 9.17) is 0 Å². The Labute approximate surface area is 92.6 Å². The van der Waals surface area contributed by atoms with Crippen molar-refractivity contribution in [3.05, 3.63) is 0 Å². The Kier molecular flexibility index (Phi) is 5.64. The van der Waals surface area contributed by atoms with Crippen molar-refractivity contribution in [2.45, 2.75) is 38.0 Å². The van der Waals surface area contributed by atoms with Gasteiger partial charge in [-0.1, -0.05) is 11.8 Å². The van der Waals surface area contributed by atoms with Gasteiger partial charge in [0, 0.05) is 12.7 Å². The predicted molar refractivity (Wildman–Crippen MR) is 48.3 cm³/mol. The second kappa shape index (κ2) is 5.79. The molecule has 0 heterocycles. The van der Waals surface area contributed by atoms with Gasteiger partial charge < -0.3 is 0 Å². The van der Waals surface area contributed by atoms with Gasteiger partial charge >= 0.3 is 12.1 Å². The maximum absolute atomic E-state index is 12.8. The molecule has 8 heteroatoms. The molecule has 1 atom stereocenters. The summed E-state index contributed by atoms with van der Waals surface area (Å²) < 4.78 is 72.4. The van der Waals surface area contributed by atoms with Crippen molar-refractivity contribution in [3.63, 3.8) is 0 Å². The zero-order chi connectivity index (χ0) is 13.0. The van der Waals surface area contributed by atoms with E-state index in [0.717, 1.165) is 0 Å². The normalized spacial score (nSPS) is 14.9. The van der Waals surface area contributed by atoms with Crippen LogP contribution in [0.25, 0.3) is 0 Å². The Morgan fingerprint density at radius 1 is 1.25 bits per heavy atom. The summed E-state index contributed by atoms with van der Waals surface area (Å²) in [5, 5.41) is -0.338. The van der Waals surface area contributed by atoms with Crippen LogP contribution in [-0.2, 0) is 4.79 Å². The van der Waals surface area contributed by atoms with Gasteiger partial charge in [0.2, 0.25) is 0 Å². The minimum Gasteiger partial charge on any atom is -0.288 e. The average molecular weight is 268 g/mol. The van der Waals surface area contributed by atoms with Crippen molar-refractivity contribution in [3.8, 4) is 0 Å². The molecule has 0 bridgehead atoms. The molecule has 0 spiro atoms. The first kappa shape index (κ1) is 15.6. The van der Waals surface area contributed by atoms with Gasteiger partial charge in [0.1, 0.15) is 6.17 Å². The van der Waals surface area contributed by atoms with Gasteiger partial charge in [0.15, 0.2) is 5.12 Å². The van der Waals surface area contributed by atoms with Crippen LogP contribution in [0.1, 0.15) is 19.8 Å². The molecular weight excluding hydrogens is 258 g/mol. The van der Waals surface area contributed by atoms with Crippen LogP contribution in [0.5, 0.6) is 0 Å². The molecule has 1 unspecified atom stereocenters. The lowest BCUT2D eigenvalue weighted by Crippen LogP contribution is -2.38. The Bertz CT molecular complexity index is 239. The molecule has 0 radical (unpaired) electrons. The molecule has 0 aromatic carbocycles. The molecule has 1 nitrogen and oxygen atoms in total. The molecule has 0 aliphatic heterocycles. The molecule has 0 saturated heterocycles. The van der Waals surface area contributed by atoms with Crippen LogP contribution in [0.4, 0.5) is 26.3 Å². The lowest BCUT2D eigenvalue weighted by Gasteiger charge is -2.21. The molecule has 0 amide bonds. The quantitative estimate of drug-likeness (QED) is 0.709. The van der Waals surface area contributed by atoms with Crippen molar-refractivity contribution in [1.29, 1.82) is 0 Å². The number of halogens is 6. The minimum atomic E-state index is -5.73. The van der Waals surface area contributed by atoms with Crippen LogP contribution in [-0.4, -0.2) is 29.1 Å². The van der Waals surface area contributed by atoms with Crippen LogP contribution >= 0.6 is 11.8 Å². The van der Waals surface area contributed by atoms with E-state index in [1.807, 2.05) is 0 Å². The zero-order valence-corrected chi connectivity index (χ0v) is 9.10. The fourth-order valence-corrected chi connectivity index (χ4v) is 1.49. The van der Waals surface area contributed by atoms with Gasteiger partial charge in [0.05, 0.1) is 6.42 Å². The number of rotatable bonds is 5. The number of alkyl halides is 6. The number of hydrogen-bond acceptors (Lipinski definition) is 2. The standard InChI is InChI=1S/C8H10F6OS/c1-5(15)16-3-2-6(9)4-7(10,11)8(12,13)14/h6H,2-4H2,1H3. The summed E-state index contributed by atoms with van der Waals surface area (Å²) in [7, 11) is 0. The van der Waals surface area contributed by atoms with Gasteiger partial charge in [-0.3, -0.25) is 4.79 Å². The van der Waals surface area contributed by atoms with Crippen LogP contribution in [0.15, 0.2) is 0 Å². The summed E-state index contributed by atoms with van der Waals surface area (Å²) in [6.45, 7) is 1.20. The second-order valence-electron chi connectivity index (χ2n) is 3.13. The number of carbonyl (C=O) groups is 1. The van der Waals surface area contributed by atoms with Gasteiger partial charge in [-0.25, -0.2) is 4.39 Å². The van der Waals surface area contributed by atoms with Crippen molar-refractivity contribution in [1.82, 2.24) is 0 Å². The van der Waals surface area contributed by atoms with Crippen LogP contribution in [0.2, 0.25) is 0 Å². The summed E-state index contributed by atoms with van der Waals surface area (Å²) >= 11 is 0.688. The van der Waals surface area contributed by atoms with Crippen LogP contribution in [0.3, 0.4) is 0 Å². The summed E-state index contributed by atoms with van der Waals surface area (Å²) in [4.78, 5) is 10.4. The highest BCUT2D eigenvalue weighted by atomic mass is 32.2. The maximum Gasteiger partial charge on any atom is 0.453 e. The highest BCUT2D eigenvalue weighted by Gasteiger charge is 2.58. The van der Waals surface area contributed by atoms with E-state index in [1.165, 1.54) is 6.92 Å². The van der Waals surface area contributed by atoms with Crippen molar-refractivity contribution in [2.75, 3.05) is 5.75 Å². The maximum atomic E-state index is 12.8. The smallest absolute Gasteiger partial charge is 0.288 e. The predicted octanol–water partition coefficient (Wildman–Crippen LogP) is 3.58. The molecule has 96 valence electrons. The van der Waals surface area contributed by atoms with E-state index in [0.29, 0.717) is 11.8 Å². The molecule has 0 rings (SSSR count). The first-order valence-corrected chi connectivity index (χ1v) is 5.27. The molecule has 0 N–H and O–H groups in total. The van der Waals surface area contributed by atoms with Crippen LogP contribution in [0, 0.1) is 0 Å². The van der Waals surface area contributed by atoms with Crippen molar-refractivity contribution >= 4 is 16.9 Å². The second-order valence-corrected chi connectivity index (χ2v) is 4.40. The summed E-state index contributed by atoms with van der Waals surface area (Å²) in [6, 6.07) is 0. The highest BCUT2D eigenvalue weighted by molar-refractivity contribution is 8.13. The number of thioether (sulfide) groups is 1. The minimum absolute atomic E-state index is 0.107. The summed E-state index contributed by atoms with van der Waals surface area (Å²) in [5.74, 6) is -5.13. The summed E-state index contributed by atoms with van der Waals surface area (Å²) in [6.07, 6.45) is -10.4. The van der Waals surface area contributed by atoms with E-state index >= 15 is 0 Å². The SMILES string of the molecule is CC(=O)SCCC(F)CC(F)(F)C(F)(F)F. The topological polar surface area (TPSA) is 17.1 Å². The highest BCUT2D eigenvalue weighted by Crippen LogP contribution is 2.39. The van der Waals surface area contributed by atoms with Crippen molar-refractivity contribution < 1.29 is 31.1 Å². The first-order valence-electron chi connectivity index (χ1n) is 4.28. The monoisotopic (exact) mass is 268 g/mol. The molecular formula is C8H10F6OS. The third-order valence-electron chi connectivity index (χ3n) is 1.63. The lowest BCUT2D eigenvalue weighted by atomic mass is 10.1. The number of hydrogen-bond donors (Lipinski definition) is 0. The number of carbonyl (C=O) groups excluding carboxylic acids is 1. The van der Waals surface area contributed by atoms with E-state index in [-0.39, 0.29) is 10.9 Å². The lowest BCUT2D eigenvalue weighted by molar-refractivity contribution is -0.288. The third kappa shape index (κ3) is 5.62. The molecule has 16 heavy (non-hydrogen) atoms. The molecule has 0 aliphatic carbocycles. The molecule has 0 aliphatic rings.